The molecule has 0 aromatic heterocycles. The lowest BCUT2D eigenvalue weighted by molar-refractivity contribution is 0.606. The van der Waals surface area contributed by atoms with Crippen LogP contribution in [0.4, 0.5) is 5.69 Å². The fourth-order valence-corrected chi connectivity index (χ4v) is 4.22. The first kappa shape index (κ1) is 22.4. The van der Waals surface area contributed by atoms with Crippen LogP contribution in [-0.4, -0.2) is 45.2 Å². The Morgan fingerprint density at radius 3 is 2.64 bits per heavy atom. The molecule has 0 saturated heterocycles. The molecule has 2 rings (SSSR count). The van der Waals surface area contributed by atoms with Crippen molar-refractivity contribution in [3.63, 3.8) is 0 Å². The zero-order valence-corrected chi connectivity index (χ0v) is 18.7. The average Bonchev–Trinajstić information content (AvgIpc) is 2.99. The van der Waals surface area contributed by atoms with E-state index in [9.17, 15) is 8.42 Å². The van der Waals surface area contributed by atoms with E-state index in [0.717, 1.165) is 35.9 Å². The number of hydrogen-bond donors (Lipinski definition) is 3. The summed E-state index contributed by atoms with van der Waals surface area (Å²) in [5.41, 5.74) is 1.46. The molecule has 1 aromatic rings. The van der Waals surface area contributed by atoms with Crippen molar-refractivity contribution < 1.29 is 8.42 Å². The van der Waals surface area contributed by atoms with Gasteiger partial charge in [-0.15, -0.1) is 24.0 Å². The molecule has 0 amide bonds. The van der Waals surface area contributed by atoms with Crippen LogP contribution in [0, 0.1) is 0 Å². The van der Waals surface area contributed by atoms with Gasteiger partial charge in [0.2, 0.25) is 10.0 Å². The predicted molar refractivity (Wildman–Crippen MR) is 119 cm³/mol. The molecule has 1 aliphatic rings. The van der Waals surface area contributed by atoms with Crippen molar-refractivity contribution in [1.29, 1.82) is 0 Å². The molecule has 1 saturated carbocycles. The summed E-state index contributed by atoms with van der Waals surface area (Å²) in [6.07, 6.45) is 6.84. The monoisotopic (exact) mass is 498 g/mol. The van der Waals surface area contributed by atoms with Crippen LogP contribution in [0.2, 0.25) is 0 Å². The van der Waals surface area contributed by atoms with Crippen LogP contribution in [0.5, 0.6) is 0 Å². The zero-order valence-electron chi connectivity index (χ0n) is 14.8. The molecule has 9 heteroatoms. The van der Waals surface area contributed by atoms with Gasteiger partial charge in [0, 0.05) is 24.9 Å². The topological polar surface area (TPSA) is 82.6 Å². The van der Waals surface area contributed by atoms with E-state index in [4.69, 9.17) is 0 Å². The molecule has 25 heavy (non-hydrogen) atoms. The lowest BCUT2D eigenvalue weighted by atomic mass is 10.2. The van der Waals surface area contributed by atoms with Crippen molar-refractivity contribution in [2.75, 3.05) is 24.3 Å². The molecule has 142 valence electrons. The number of sulfonamides is 1. The SMILES string of the molecule is CN=C(NCc1ccccc1NS(C)(=O)=O)NC1CCC(SC)C1.I. The number of halogens is 1. The molecule has 0 radical (unpaired) electrons. The number of benzene rings is 1. The Hall–Kier alpha value is -0.680. The molecule has 1 fully saturated rings. The largest absolute Gasteiger partial charge is 0.354 e. The normalized spacial score (nSPS) is 20.7. The van der Waals surface area contributed by atoms with Crippen LogP contribution in [-0.2, 0) is 16.6 Å². The number of rotatable bonds is 6. The smallest absolute Gasteiger partial charge is 0.229 e. The Labute approximate surface area is 172 Å². The number of thioether (sulfide) groups is 1. The van der Waals surface area contributed by atoms with E-state index < -0.39 is 10.0 Å². The summed E-state index contributed by atoms with van der Waals surface area (Å²) in [5.74, 6) is 0.746. The van der Waals surface area contributed by atoms with Crippen molar-refractivity contribution in [2.24, 2.45) is 4.99 Å². The molecule has 2 unspecified atom stereocenters. The fourth-order valence-electron chi connectivity index (χ4n) is 2.83. The van der Waals surface area contributed by atoms with Gasteiger partial charge >= 0.3 is 0 Å². The first-order valence-corrected chi connectivity index (χ1v) is 11.1. The number of anilines is 1. The second kappa shape index (κ2) is 10.5. The third kappa shape index (κ3) is 7.61. The van der Waals surface area contributed by atoms with E-state index >= 15 is 0 Å². The lowest BCUT2D eigenvalue weighted by Crippen LogP contribution is -2.42. The second-order valence-corrected chi connectivity index (χ2v) is 8.86. The Morgan fingerprint density at radius 2 is 2.04 bits per heavy atom. The minimum absolute atomic E-state index is 0. The van der Waals surface area contributed by atoms with Crippen molar-refractivity contribution >= 4 is 57.4 Å². The van der Waals surface area contributed by atoms with Crippen molar-refractivity contribution in [1.82, 2.24) is 10.6 Å². The van der Waals surface area contributed by atoms with E-state index in [1.807, 2.05) is 30.0 Å². The molecule has 1 aromatic carbocycles. The van der Waals surface area contributed by atoms with Gasteiger partial charge in [-0.2, -0.15) is 11.8 Å². The maximum Gasteiger partial charge on any atom is 0.229 e. The molecular weight excluding hydrogens is 471 g/mol. The van der Waals surface area contributed by atoms with Gasteiger partial charge < -0.3 is 10.6 Å². The second-order valence-electron chi connectivity index (χ2n) is 5.97. The van der Waals surface area contributed by atoms with E-state index in [0.29, 0.717) is 18.3 Å². The molecule has 0 aliphatic heterocycles. The molecular formula is C16H27IN4O2S2. The molecule has 0 spiro atoms. The van der Waals surface area contributed by atoms with E-state index in [1.54, 1.807) is 13.1 Å². The third-order valence-electron chi connectivity index (χ3n) is 4.04. The molecule has 3 N–H and O–H groups in total. The zero-order chi connectivity index (χ0) is 17.6. The Kier molecular flexibility index (Phi) is 9.36. The number of guanidine groups is 1. The van der Waals surface area contributed by atoms with Crippen LogP contribution in [0.25, 0.3) is 0 Å². The minimum atomic E-state index is -3.30. The first-order valence-electron chi connectivity index (χ1n) is 7.97. The van der Waals surface area contributed by atoms with Gasteiger partial charge in [0.25, 0.3) is 0 Å². The lowest BCUT2D eigenvalue weighted by Gasteiger charge is -2.18. The van der Waals surface area contributed by atoms with Crippen LogP contribution < -0.4 is 15.4 Å². The highest BCUT2D eigenvalue weighted by molar-refractivity contribution is 14.0. The number of nitrogens with one attached hydrogen (secondary N) is 3. The summed E-state index contributed by atoms with van der Waals surface area (Å²) in [5, 5.41) is 7.45. The Bertz CT molecular complexity index is 682. The maximum absolute atomic E-state index is 11.5. The van der Waals surface area contributed by atoms with E-state index in [-0.39, 0.29) is 24.0 Å². The first-order chi connectivity index (χ1) is 11.4. The molecule has 6 nitrogen and oxygen atoms in total. The van der Waals surface area contributed by atoms with Crippen LogP contribution in [0.15, 0.2) is 29.3 Å². The molecule has 2 atom stereocenters. The van der Waals surface area contributed by atoms with Crippen molar-refractivity contribution in [3.8, 4) is 0 Å². The number of para-hydroxylation sites is 1. The van der Waals surface area contributed by atoms with E-state index in [1.165, 1.54) is 6.42 Å². The summed E-state index contributed by atoms with van der Waals surface area (Å²) >= 11 is 1.92. The molecule has 1 aliphatic carbocycles. The summed E-state index contributed by atoms with van der Waals surface area (Å²) in [6.45, 7) is 0.497. The van der Waals surface area contributed by atoms with Gasteiger partial charge in [0.1, 0.15) is 0 Å². The Morgan fingerprint density at radius 1 is 1.32 bits per heavy atom. The number of aliphatic imine (C=N–C) groups is 1. The van der Waals surface area contributed by atoms with Crippen LogP contribution in [0.1, 0.15) is 24.8 Å². The Balaban J connectivity index is 0.00000312. The van der Waals surface area contributed by atoms with Crippen molar-refractivity contribution in [2.45, 2.75) is 37.1 Å². The molecule has 0 heterocycles. The van der Waals surface area contributed by atoms with Crippen LogP contribution >= 0.6 is 35.7 Å². The van der Waals surface area contributed by atoms with Gasteiger partial charge in [-0.1, -0.05) is 18.2 Å². The summed E-state index contributed by atoms with van der Waals surface area (Å²) in [4.78, 5) is 4.27. The average molecular weight is 498 g/mol. The summed E-state index contributed by atoms with van der Waals surface area (Å²) in [6, 6.07) is 7.80. The quantitative estimate of drug-likeness (QED) is 0.319. The highest BCUT2D eigenvalue weighted by Gasteiger charge is 2.24. The number of hydrogen-bond acceptors (Lipinski definition) is 4. The molecule has 0 bridgehead atoms. The van der Waals surface area contributed by atoms with Gasteiger partial charge in [-0.3, -0.25) is 9.71 Å². The fraction of sp³-hybridized carbons (Fsp3) is 0.562. The minimum Gasteiger partial charge on any atom is -0.354 e. The highest BCUT2D eigenvalue weighted by Crippen LogP contribution is 2.28. The number of nitrogens with zero attached hydrogens (tertiary/aromatic N) is 1. The van der Waals surface area contributed by atoms with Gasteiger partial charge in [-0.05, 0) is 37.1 Å². The standard InChI is InChI=1S/C16H26N4O2S2.HI/c1-17-16(19-13-8-9-14(10-13)23-2)18-11-12-6-4-5-7-15(12)20-24(3,21)22;/h4-7,13-14,20H,8-11H2,1-3H3,(H2,17,18,19);1H. The van der Waals surface area contributed by atoms with Crippen molar-refractivity contribution in [3.05, 3.63) is 29.8 Å². The summed E-state index contributed by atoms with van der Waals surface area (Å²) < 4.78 is 25.5. The van der Waals surface area contributed by atoms with Gasteiger partial charge in [0.05, 0.1) is 11.9 Å². The van der Waals surface area contributed by atoms with E-state index in [2.05, 4.69) is 26.6 Å². The van der Waals surface area contributed by atoms with Gasteiger partial charge in [-0.25, -0.2) is 8.42 Å². The predicted octanol–water partition coefficient (Wildman–Crippen LogP) is 2.63. The summed E-state index contributed by atoms with van der Waals surface area (Å²) in [7, 11) is -1.55. The highest BCUT2D eigenvalue weighted by atomic mass is 127. The maximum atomic E-state index is 11.5. The van der Waals surface area contributed by atoms with Gasteiger partial charge in [0.15, 0.2) is 5.96 Å². The third-order valence-corrected chi connectivity index (χ3v) is 5.73. The van der Waals surface area contributed by atoms with Crippen LogP contribution in [0.3, 0.4) is 0 Å².